The molecule has 0 saturated carbocycles. The number of halogens is 5. The van der Waals surface area contributed by atoms with Crippen LogP contribution in [0, 0.1) is 0 Å². The van der Waals surface area contributed by atoms with E-state index in [1.165, 1.54) is 42.6 Å². The van der Waals surface area contributed by atoms with Crippen molar-refractivity contribution in [1.82, 2.24) is 9.88 Å². The summed E-state index contributed by atoms with van der Waals surface area (Å²) in [5.41, 5.74) is 1.26. The van der Waals surface area contributed by atoms with E-state index >= 15 is 0 Å². The lowest BCUT2D eigenvalue weighted by Crippen LogP contribution is -2.56. The summed E-state index contributed by atoms with van der Waals surface area (Å²) < 4.78 is 96.1. The lowest BCUT2D eigenvalue weighted by molar-refractivity contribution is -0.284. The summed E-state index contributed by atoms with van der Waals surface area (Å²) in [6, 6.07) is 18.4. The minimum atomic E-state index is -5.62. The number of benzene rings is 2. The summed E-state index contributed by atoms with van der Waals surface area (Å²) in [4.78, 5) is 19.8. The predicted molar refractivity (Wildman–Crippen MR) is 156 cm³/mol. The number of rotatable bonds is 9. The highest BCUT2D eigenvalue weighted by Crippen LogP contribution is 2.40. The minimum absolute atomic E-state index is 0.0508. The molecule has 0 N–H and O–H groups in total. The van der Waals surface area contributed by atoms with E-state index < -0.39 is 51.1 Å². The van der Waals surface area contributed by atoms with E-state index in [4.69, 9.17) is 4.74 Å². The minimum Gasteiger partial charge on any atom is -0.459 e. The van der Waals surface area contributed by atoms with E-state index in [0.29, 0.717) is 30.9 Å². The van der Waals surface area contributed by atoms with Crippen LogP contribution in [0.2, 0.25) is 0 Å². The summed E-state index contributed by atoms with van der Waals surface area (Å²) in [6.45, 7) is 6.42. The van der Waals surface area contributed by atoms with E-state index in [9.17, 15) is 35.2 Å². The fourth-order valence-electron chi connectivity index (χ4n) is 5.08. The predicted octanol–water partition coefficient (Wildman–Crippen LogP) is 7.03. The van der Waals surface area contributed by atoms with Gasteiger partial charge in [0.2, 0.25) is 0 Å². The maximum atomic E-state index is 14.1. The van der Waals surface area contributed by atoms with Gasteiger partial charge in [-0.15, -0.1) is 0 Å². The largest absolute Gasteiger partial charge is 0.459 e. The lowest BCUT2D eigenvalue weighted by atomic mass is 9.95. The number of pyridine rings is 1. The number of aryl methyl sites for hydroxylation is 1. The third-order valence-electron chi connectivity index (χ3n) is 7.63. The van der Waals surface area contributed by atoms with Crippen LogP contribution >= 0.6 is 0 Å². The molecule has 1 aliphatic rings. The second kappa shape index (κ2) is 12.5. The number of carbonyl (C=O) groups is 1. The van der Waals surface area contributed by atoms with E-state index in [2.05, 4.69) is 9.88 Å². The Kier molecular flexibility index (Phi) is 9.56. The van der Waals surface area contributed by atoms with Crippen LogP contribution in [0.4, 0.5) is 22.0 Å². The summed E-state index contributed by atoms with van der Waals surface area (Å²) in [5, 5.41) is 0. The van der Waals surface area contributed by atoms with Crippen molar-refractivity contribution in [1.29, 1.82) is 0 Å². The van der Waals surface area contributed by atoms with Crippen LogP contribution in [0.3, 0.4) is 0 Å². The number of carbonyl (C=O) groups excluding carboxylic acids is 1. The monoisotopic (exact) mass is 638 g/mol. The van der Waals surface area contributed by atoms with Crippen LogP contribution in [-0.4, -0.2) is 59.8 Å². The molecular formula is C32H35F5N2O4S. The molecule has 238 valence electrons. The Hall–Kier alpha value is -3.38. The van der Waals surface area contributed by atoms with Gasteiger partial charge in [-0.1, -0.05) is 48.5 Å². The van der Waals surface area contributed by atoms with Gasteiger partial charge < -0.3 is 4.74 Å². The van der Waals surface area contributed by atoms with Crippen molar-refractivity contribution in [3.05, 3.63) is 84.1 Å². The van der Waals surface area contributed by atoms with Gasteiger partial charge in [0.25, 0.3) is 0 Å². The number of hydrogen-bond acceptors (Lipinski definition) is 6. The molecule has 6 nitrogen and oxygen atoms in total. The Morgan fingerprint density at radius 3 is 2.02 bits per heavy atom. The Morgan fingerprint density at radius 1 is 0.886 bits per heavy atom. The Bertz CT molecular complexity index is 1530. The standard InChI is InChI=1S/C32H35F5N2O4S/c1-29(2,3)43-28(40)30(17-19-39(20-18-30)22-24-7-5-4-6-8-24)44(41,42)26-12-10-25(11-13-26)27-14-9-23(21-38-27)15-16-31(33,34)32(35,36)37/h4-14,21H,15-20,22H2,1-3H3. The van der Waals surface area contributed by atoms with Crippen LogP contribution < -0.4 is 0 Å². The molecule has 3 aromatic rings. The summed E-state index contributed by atoms with van der Waals surface area (Å²) in [7, 11) is -4.22. The summed E-state index contributed by atoms with van der Waals surface area (Å²) in [6.07, 6.45) is -6.22. The van der Waals surface area contributed by atoms with E-state index in [1.807, 2.05) is 30.3 Å². The van der Waals surface area contributed by atoms with Crippen LogP contribution in [0.25, 0.3) is 11.3 Å². The molecule has 2 heterocycles. The topological polar surface area (TPSA) is 76.6 Å². The number of alkyl halides is 5. The molecule has 12 heteroatoms. The molecule has 1 aliphatic heterocycles. The zero-order chi connectivity index (χ0) is 32.4. The van der Waals surface area contributed by atoms with Crippen molar-refractivity contribution >= 4 is 15.8 Å². The second-order valence-electron chi connectivity index (χ2n) is 12.0. The van der Waals surface area contributed by atoms with Gasteiger partial charge in [-0.05, 0) is 69.4 Å². The quantitative estimate of drug-likeness (QED) is 0.185. The average molecular weight is 639 g/mol. The maximum Gasteiger partial charge on any atom is 0.453 e. The lowest BCUT2D eigenvalue weighted by Gasteiger charge is -2.40. The Balaban J connectivity index is 1.53. The number of esters is 1. The summed E-state index contributed by atoms with van der Waals surface area (Å²) in [5.74, 6) is -5.59. The SMILES string of the molecule is CC(C)(C)OC(=O)C1(S(=O)(=O)c2ccc(-c3ccc(CCC(F)(F)C(F)(F)F)cn3)cc2)CCN(Cc2ccccc2)CC1. The second-order valence-corrected chi connectivity index (χ2v) is 14.3. The maximum absolute atomic E-state index is 14.1. The van der Waals surface area contributed by atoms with Gasteiger partial charge in [0.05, 0.1) is 10.6 Å². The van der Waals surface area contributed by atoms with Crippen molar-refractivity contribution in [3.8, 4) is 11.3 Å². The van der Waals surface area contributed by atoms with E-state index in [0.717, 1.165) is 5.56 Å². The highest BCUT2D eigenvalue weighted by Gasteiger charge is 2.57. The molecule has 44 heavy (non-hydrogen) atoms. The Morgan fingerprint density at radius 2 is 1.50 bits per heavy atom. The van der Waals surface area contributed by atoms with Gasteiger partial charge in [-0.25, -0.2) is 8.42 Å². The normalized spacial score (nSPS) is 16.5. The number of sulfone groups is 1. The van der Waals surface area contributed by atoms with Crippen molar-refractivity contribution < 1.29 is 39.9 Å². The molecule has 0 unspecified atom stereocenters. The molecule has 0 spiro atoms. The first-order chi connectivity index (χ1) is 20.4. The molecule has 4 rings (SSSR count). The molecule has 0 bridgehead atoms. The number of piperidine rings is 1. The number of likely N-dealkylation sites (tertiary alicyclic amines) is 1. The van der Waals surface area contributed by atoms with Gasteiger partial charge in [-0.3, -0.25) is 14.7 Å². The highest BCUT2D eigenvalue weighted by molar-refractivity contribution is 7.93. The van der Waals surface area contributed by atoms with Crippen LogP contribution in [0.15, 0.2) is 77.8 Å². The first kappa shape index (κ1) is 33.5. The van der Waals surface area contributed by atoms with Crippen molar-refractivity contribution in [3.63, 3.8) is 0 Å². The van der Waals surface area contributed by atoms with Crippen LogP contribution in [0.1, 0.15) is 51.2 Å². The van der Waals surface area contributed by atoms with Gasteiger partial charge in [0, 0.05) is 37.8 Å². The molecule has 1 fully saturated rings. The van der Waals surface area contributed by atoms with Crippen LogP contribution in [0.5, 0.6) is 0 Å². The van der Waals surface area contributed by atoms with Gasteiger partial charge in [0.15, 0.2) is 14.6 Å². The zero-order valence-corrected chi connectivity index (χ0v) is 25.5. The third kappa shape index (κ3) is 7.46. The van der Waals surface area contributed by atoms with Gasteiger partial charge >= 0.3 is 18.1 Å². The molecule has 0 amide bonds. The number of hydrogen-bond donors (Lipinski definition) is 0. The van der Waals surface area contributed by atoms with Crippen LogP contribution in [-0.2, 0) is 32.3 Å². The number of ether oxygens (including phenoxy) is 1. The molecule has 1 saturated heterocycles. The van der Waals surface area contributed by atoms with Crippen molar-refractivity contribution in [2.24, 2.45) is 0 Å². The van der Waals surface area contributed by atoms with Gasteiger partial charge in [-0.2, -0.15) is 22.0 Å². The first-order valence-corrected chi connectivity index (χ1v) is 15.7. The number of nitrogens with zero attached hydrogens (tertiary/aromatic N) is 2. The van der Waals surface area contributed by atoms with E-state index in [-0.39, 0.29) is 23.3 Å². The smallest absolute Gasteiger partial charge is 0.453 e. The molecule has 0 aliphatic carbocycles. The zero-order valence-electron chi connectivity index (χ0n) is 24.7. The third-order valence-corrected chi connectivity index (χ3v) is 10.1. The van der Waals surface area contributed by atoms with Gasteiger partial charge in [0.1, 0.15) is 5.60 Å². The highest BCUT2D eigenvalue weighted by atomic mass is 32.2. The van der Waals surface area contributed by atoms with Crippen molar-refractivity contribution in [2.45, 2.75) is 80.3 Å². The molecule has 0 atom stereocenters. The number of aromatic nitrogens is 1. The van der Waals surface area contributed by atoms with E-state index in [1.54, 1.807) is 20.8 Å². The Labute approximate surface area is 254 Å². The molecule has 1 aromatic heterocycles. The average Bonchev–Trinajstić information content (AvgIpc) is 2.96. The van der Waals surface area contributed by atoms with Crippen molar-refractivity contribution in [2.75, 3.05) is 13.1 Å². The fraction of sp³-hybridized carbons (Fsp3) is 0.438. The molecule has 0 radical (unpaired) electrons. The summed E-state index contributed by atoms with van der Waals surface area (Å²) >= 11 is 0. The first-order valence-electron chi connectivity index (χ1n) is 14.2. The molecule has 2 aromatic carbocycles. The fourth-order valence-corrected chi connectivity index (χ4v) is 7.01. The molecular weight excluding hydrogens is 603 g/mol.